The van der Waals surface area contributed by atoms with Crippen molar-refractivity contribution in [2.45, 2.75) is 19.5 Å². The Morgan fingerprint density at radius 1 is 1.14 bits per heavy atom. The Kier molecular flexibility index (Phi) is 4.65. The van der Waals surface area contributed by atoms with Crippen molar-refractivity contribution in [3.05, 3.63) is 68.5 Å². The fraction of sp³-hybridized carbons (Fsp3) is 0.176. The summed E-state index contributed by atoms with van der Waals surface area (Å²) >= 11 is 11.8. The smallest absolute Gasteiger partial charge is 0.0636 e. The highest BCUT2D eigenvalue weighted by molar-refractivity contribution is 9.10. The molecule has 108 valence electrons. The molecule has 2 aromatic carbocycles. The number of benzene rings is 2. The molecule has 1 atom stereocenters. The second kappa shape index (κ2) is 6.49. The lowest BCUT2D eigenvalue weighted by molar-refractivity contribution is 0.577. The fourth-order valence-electron chi connectivity index (χ4n) is 2.36. The Morgan fingerprint density at radius 2 is 1.86 bits per heavy atom. The van der Waals surface area contributed by atoms with Gasteiger partial charge in [0, 0.05) is 32.0 Å². The van der Waals surface area contributed by atoms with E-state index < -0.39 is 0 Å². The largest absolute Gasteiger partial charge is 0.305 e. The molecule has 0 saturated carbocycles. The predicted molar refractivity (Wildman–Crippen MR) is 96.2 cm³/mol. The van der Waals surface area contributed by atoms with Gasteiger partial charge in [0.2, 0.25) is 0 Å². The molecular formula is C17H15BrClNS. The van der Waals surface area contributed by atoms with Crippen LogP contribution in [0.2, 0.25) is 5.02 Å². The van der Waals surface area contributed by atoms with E-state index in [2.05, 4.69) is 64.6 Å². The quantitative estimate of drug-likeness (QED) is 0.571. The van der Waals surface area contributed by atoms with Crippen LogP contribution in [0.5, 0.6) is 0 Å². The highest BCUT2D eigenvalue weighted by atomic mass is 79.9. The van der Waals surface area contributed by atoms with E-state index in [0.29, 0.717) is 0 Å². The molecule has 0 spiro atoms. The van der Waals surface area contributed by atoms with Crippen LogP contribution in [0, 0.1) is 0 Å². The molecule has 3 rings (SSSR count). The van der Waals surface area contributed by atoms with Crippen LogP contribution in [0.15, 0.2) is 53.0 Å². The summed E-state index contributed by atoms with van der Waals surface area (Å²) < 4.78 is 2.38. The van der Waals surface area contributed by atoms with Crippen molar-refractivity contribution in [3.8, 4) is 0 Å². The predicted octanol–water partition coefficient (Wildman–Crippen LogP) is 6.17. The normalized spacial score (nSPS) is 12.7. The first-order valence-electron chi connectivity index (χ1n) is 6.80. The number of fused-ring (bicyclic) bond motifs is 1. The summed E-state index contributed by atoms with van der Waals surface area (Å²) in [7, 11) is 0. The van der Waals surface area contributed by atoms with Gasteiger partial charge in [0.15, 0.2) is 0 Å². The molecule has 1 aromatic heterocycles. The maximum absolute atomic E-state index is 6.48. The Morgan fingerprint density at radius 3 is 2.62 bits per heavy atom. The van der Waals surface area contributed by atoms with Crippen LogP contribution >= 0.6 is 38.9 Å². The van der Waals surface area contributed by atoms with E-state index in [-0.39, 0.29) is 6.04 Å². The molecule has 4 heteroatoms. The third-order valence-electron chi connectivity index (χ3n) is 3.54. The van der Waals surface area contributed by atoms with E-state index in [0.717, 1.165) is 21.4 Å². The Hall–Kier alpha value is -0.870. The van der Waals surface area contributed by atoms with Crippen molar-refractivity contribution in [2.24, 2.45) is 0 Å². The monoisotopic (exact) mass is 379 g/mol. The number of hydrogen-bond donors (Lipinski definition) is 1. The molecule has 1 heterocycles. The van der Waals surface area contributed by atoms with E-state index in [9.17, 15) is 0 Å². The van der Waals surface area contributed by atoms with Gasteiger partial charge in [0.1, 0.15) is 0 Å². The van der Waals surface area contributed by atoms with E-state index in [1.165, 1.54) is 15.1 Å². The van der Waals surface area contributed by atoms with Crippen LogP contribution < -0.4 is 5.32 Å². The summed E-state index contributed by atoms with van der Waals surface area (Å²) in [5.41, 5.74) is 1.26. The number of rotatable bonds is 4. The molecule has 0 aliphatic heterocycles. The van der Waals surface area contributed by atoms with E-state index >= 15 is 0 Å². The fourth-order valence-corrected chi connectivity index (χ4v) is 4.44. The second-order valence-electron chi connectivity index (χ2n) is 4.96. The van der Waals surface area contributed by atoms with Gasteiger partial charge in [0.05, 0.1) is 5.02 Å². The van der Waals surface area contributed by atoms with Crippen LogP contribution in [-0.4, -0.2) is 0 Å². The first kappa shape index (κ1) is 15.0. The van der Waals surface area contributed by atoms with Gasteiger partial charge >= 0.3 is 0 Å². The molecule has 0 amide bonds. The number of nitrogens with one attached hydrogen (secondary N) is 1. The molecule has 3 aromatic rings. The molecule has 1 N–H and O–H groups in total. The number of thiophene rings is 1. The van der Waals surface area contributed by atoms with Crippen LogP contribution in [0.3, 0.4) is 0 Å². The van der Waals surface area contributed by atoms with Crippen molar-refractivity contribution in [3.63, 3.8) is 0 Å². The first-order chi connectivity index (χ1) is 10.2. The molecule has 0 bridgehead atoms. The summed E-state index contributed by atoms with van der Waals surface area (Å²) in [6, 6.07) is 16.8. The summed E-state index contributed by atoms with van der Waals surface area (Å²) in [5, 5.41) is 5.58. The number of halogens is 2. The molecule has 0 aliphatic rings. The minimum Gasteiger partial charge on any atom is -0.305 e. The SMILES string of the molecule is C[C@H](NCc1sc2ccccc2c1Cl)c1ccccc1Br. The van der Waals surface area contributed by atoms with Gasteiger partial charge in [-0.3, -0.25) is 0 Å². The van der Waals surface area contributed by atoms with Crippen LogP contribution in [0.25, 0.3) is 10.1 Å². The van der Waals surface area contributed by atoms with E-state index in [1.54, 1.807) is 11.3 Å². The molecule has 1 nitrogen and oxygen atoms in total. The Bertz CT molecular complexity index is 768. The topological polar surface area (TPSA) is 12.0 Å². The van der Waals surface area contributed by atoms with Gasteiger partial charge in [-0.15, -0.1) is 11.3 Å². The Labute approximate surface area is 142 Å². The minimum absolute atomic E-state index is 0.266. The summed E-state index contributed by atoms with van der Waals surface area (Å²) in [6.45, 7) is 2.95. The molecule has 0 saturated heterocycles. The standard InChI is InChI=1S/C17H15BrClNS/c1-11(12-6-2-4-8-14(12)18)20-10-16-17(19)13-7-3-5-9-15(13)21-16/h2-9,11,20H,10H2,1H3/t11-/m0/s1. The summed E-state index contributed by atoms with van der Waals surface area (Å²) in [5.74, 6) is 0. The van der Waals surface area contributed by atoms with Crippen molar-refractivity contribution in [2.75, 3.05) is 0 Å². The lowest BCUT2D eigenvalue weighted by atomic mass is 10.1. The van der Waals surface area contributed by atoms with Crippen molar-refractivity contribution in [1.82, 2.24) is 5.32 Å². The lowest BCUT2D eigenvalue weighted by Gasteiger charge is -2.15. The van der Waals surface area contributed by atoms with Gasteiger partial charge in [-0.2, -0.15) is 0 Å². The maximum atomic E-state index is 6.48. The maximum Gasteiger partial charge on any atom is 0.0636 e. The number of hydrogen-bond acceptors (Lipinski definition) is 2. The summed E-state index contributed by atoms with van der Waals surface area (Å²) in [4.78, 5) is 1.19. The van der Waals surface area contributed by atoms with Gasteiger partial charge in [0.25, 0.3) is 0 Å². The van der Waals surface area contributed by atoms with E-state index in [1.807, 2.05) is 12.1 Å². The average molecular weight is 381 g/mol. The zero-order valence-electron chi connectivity index (χ0n) is 11.6. The highest BCUT2D eigenvalue weighted by Crippen LogP contribution is 2.35. The van der Waals surface area contributed by atoms with Crippen LogP contribution in [-0.2, 0) is 6.54 Å². The second-order valence-corrected chi connectivity index (χ2v) is 7.33. The van der Waals surface area contributed by atoms with Gasteiger partial charge in [-0.1, -0.05) is 63.9 Å². The van der Waals surface area contributed by atoms with E-state index in [4.69, 9.17) is 11.6 Å². The zero-order valence-corrected chi connectivity index (χ0v) is 14.7. The zero-order chi connectivity index (χ0) is 14.8. The van der Waals surface area contributed by atoms with Gasteiger partial charge in [-0.05, 0) is 24.6 Å². The van der Waals surface area contributed by atoms with Crippen molar-refractivity contribution >= 4 is 49.0 Å². The molecule has 0 aliphatic carbocycles. The van der Waals surface area contributed by atoms with Gasteiger partial charge < -0.3 is 5.32 Å². The third kappa shape index (κ3) is 3.16. The Balaban J connectivity index is 1.77. The highest BCUT2D eigenvalue weighted by Gasteiger charge is 2.12. The minimum atomic E-state index is 0.266. The summed E-state index contributed by atoms with van der Waals surface area (Å²) in [6.07, 6.45) is 0. The molecule has 0 radical (unpaired) electrons. The molecule has 0 unspecified atom stereocenters. The average Bonchev–Trinajstić information content (AvgIpc) is 2.82. The molecular weight excluding hydrogens is 366 g/mol. The lowest BCUT2D eigenvalue weighted by Crippen LogP contribution is -2.18. The first-order valence-corrected chi connectivity index (χ1v) is 8.79. The van der Waals surface area contributed by atoms with Crippen LogP contribution in [0.1, 0.15) is 23.4 Å². The van der Waals surface area contributed by atoms with Gasteiger partial charge in [-0.25, -0.2) is 0 Å². The van der Waals surface area contributed by atoms with Crippen LogP contribution in [0.4, 0.5) is 0 Å². The molecule has 21 heavy (non-hydrogen) atoms. The molecule has 0 fully saturated rings. The van der Waals surface area contributed by atoms with Crippen molar-refractivity contribution < 1.29 is 0 Å². The third-order valence-corrected chi connectivity index (χ3v) is 5.98. The van der Waals surface area contributed by atoms with Crippen molar-refractivity contribution in [1.29, 1.82) is 0 Å².